The molecule has 0 atom stereocenters. The van der Waals surface area contributed by atoms with Gasteiger partial charge in [0, 0.05) is 5.33 Å². The van der Waals surface area contributed by atoms with Crippen LogP contribution in [0.5, 0.6) is 0 Å². The lowest BCUT2D eigenvalue weighted by molar-refractivity contribution is 0.0936. The van der Waals surface area contributed by atoms with Crippen molar-refractivity contribution in [3.05, 3.63) is 33.8 Å². The van der Waals surface area contributed by atoms with Gasteiger partial charge in [-0.1, -0.05) is 45.2 Å². The van der Waals surface area contributed by atoms with E-state index < -0.39 is 0 Å². The molecule has 0 unspecified atom stereocenters. The smallest absolute Gasteiger partial charge is 0.253 e. The largest absolute Gasteiger partial charge is 0.346 e. The van der Waals surface area contributed by atoms with E-state index in [1.807, 2.05) is 0 Å². The second kappa shape index (κ2) is 4.55. The Kier molecular flexibility index (Phi) is 3.48. The Balaban J connectivity index is 2.18. The standard InChI is InChI=1S/C11H10BrCl2NO/c12-6-11(4-5-11)15-10(16)7-2-1-3-8(13)9(7)14/h1-3H,4-6H2,(H,15,16). The number of hydrogen-bond acceptors (Lipinski definition) is 1. The molecule has 2 rings (SSSR count). The lowest BCUT2D eigenvalue weighted by atomic mass is 10.2. The van der Waals surface area contributed by atoms with Crippen LogP contribution in [0.2, 0.25) is 10.0 Å². The summed E-state index contributed by atoms with van der Waals surface area (Å²) in [5.74, 6) is -0.163. The summed E-state index contributed by atoms with van der Waals surface area (Å²) in [6, 6.07) is 5.06. The fourth-order valence-corrected chi connectivity index (χ4v) is 2.52. The SMILES string of the molecule is O=C(NC1(CBr)CC1)c1cccc(Cl)c1Cl. The van der Waals surface area contributed by atoms with Crippen molar-refractivity contribution in [1.82, 2.24) is 5.32 Å². The quantitative estimate of drug-likeness (QED) is 0.846. The first-order valence-electron chi connectivity index (χ1n) is 4.90. The van der Waals surface area contributed by atoms with E-state index >= 15 is 0 Å². The minimum absolute atomic E-state index is 0.0806. The van der Waals surface area contributed by atoms with Crippen molar-refractivity contribution in [2.75, 3.05) is 5.33 Å². The first kappa shape index (κ1) is 12.2. The van der Waals surface area contributed by atoms with Crippen molar-refractivity contribution in [2.24, 2.45) is 0 Å². The molecule has 1 amide bonds. The second-order valence-corrected chi connectivity index (χ2v) is 5.32. The monoisotopic (exact) mass is 321 g/mol. The Morgan fingerprint density at radius 3 is 2.69 bits per heavy atom. The van der Waals surface area contributed by atoms with E-state index in [9.17, 15) is 4.79 Å². The molecule has 0 saturated heterocycles. The van der Waals surface area contributed by atoms with Crippen molar-refractivity contribution in [3.8, 4) is 0 Å². The topological polar surface area (TPSA) is 29.1 Å². The van der Waals surface area contributed by atoms with Crippen LogP contribution in [0, 0.1) is 0 Å². The van der Waals surface area contributed by atoms with Crippen LogP contribution in [-0.4, -0.2) is 16.8 Å². The Hall–Kier alpha value is -0.250. The summed E-state index contributed by atoms with van der Waals surface area (Å²) >= 11 is 15.2. The minimum atomic E-state index is -0.163. The molecule has 2 nitrogen and oxygen atoms in total. The number of hydrogen-bond donors (Lipinski definition) is 1. The van der Waals surface area contributed by atoms with Gasteiger partial charge in [-0.05, 0) is 25.0 Å². The number of alkyl halides is 1. The van der Waals surface area contributed by atoms with Crippen LogP contribution >= 0.6 is 39.1 Å². The van der Waals surface area contributed by atoms with E-state index in [-0.39, 0.29) is 11.4 Å². The second-order valence-electron chi connectivity index (χ2n) is 3.97. The predicted octanol–water partition coefficient (Wildman–Crippen LogP) is 3.65. The van der Waals surface area contributed by atoms with Crippen LogP contribution in [0.15, 0.2) is 18.2 Å². The molecule has 1 aromatic rings. The van der Waals surface area contributed by atoms with Gasteiger partial charge in [0.05, 0.1) is 21.1 Å². The Morgan fingerprint density at radius 1 is 1.44 bits per heavy atom. The minimum Gasteiger partial charge on any atom is -0.346 e. The number of carbonyl (C=O) groups excluding carboxylic acids is 1. The molecule has 0 aromatic heterocycles. The zero-order valence-electron chi connectivity index (χ0n) is 8.40. The maximum absolute atomic E-state index is 12.0. The number of carbonyl (C=O) groups is 1. The molecule has 1 aliphatic carbocycles. The molecule has 5 heteroatoms. The van der Waals surface area contributed by atoms with E-state index in [2.05, 4.69) is 21.2 Å². The summed E-state index contributed by atoms with van der Waals surface area (Å²) in [7, 11) is 0. The lowest BCUT2D eigenvalue weighted by Crippen LogP contribution is -2.38. The highest BCUT2D eigenvalue weighted by Gasteiger charge is 2.43. The van der Waals surface area contributed by atoms with E-state index in [1.54, 1.807) is 18.2 Å². The van der Waals surface area contributed by atoms with Gasteiger partial charge < -0.3 is 5.32 Å². The number of nitrogens with one attached hydrogen (secondary N) is 1. The molecular weight excluding hydrogens is 313 g/mol. The third-order valence-corrected chi connectivity index (χ3v) is 4.58. The number of rotatable bonds is 3. The number of halogens is 3. The Labute approximate surface area is 112 Å². The van der Waals surface area contributed by atoms with Gasteiger partial charge in [0.2, 0.25) is 0 Å². The summed E-state index contributed by atoms with van der Waals surface area (Å²) in [5, 5.41) is 4.45. The van der Waals surface area contributed by atoms with Crippen LogP contribution in [-0.2, 0) is 0 Å². The molecule has 1 fully saturated rings. The van der Waals surface area contributed by atoms with Crippen LogP contribution in [0.3, 0.4) is 0 Å². The summed E-state index contributed by atoms with van der Waals surface area (Å²) < 4.78 is 0. The fraction of sp³-hybridized carbons (Fsp3) is 0.364. The molecular formula is C11H10BrCl2NO. The molecule has 0 spiro atoms. The van der Waals surface area contributed by atoms with Crippen LogP contribution in [0.1, 0.15) is 23.2 Å². The molecule has 0 aliphatic heterocycles. The predicted molar refractivity (Wildman–Crippen MR) is 69.7 cm³/mol. The van der Waals surface area contributed by atoms with E-state index in [0.29, 0.717) is 15.6 Å². The van der Waals surface area contributed by atoms with Crippen molar-refractivity contribution in [2.45, 2.75) is 18.4 Å². The van der Waals surface area contributed by atoms with Crippen molar-refractivity contribution in [1.29, 1.82) is 0 Å². The maximum Gasteiger partial charge on any atom is 0.253 e. The van der Waals surface area contributed by atoms with E-state index in [0.717, 1.165) is 18.2 Å². The highest BCUT2D eigenvalue weighted by atomic mass is 79.9. The maximum atomic E-state index is 12.0. The van der Waals surface area contributed by atoms with Gasteiger partial charge in [-0.3, -0.25) is 4.79 Å². The van der Waals surface area contributed by atoms with Crippen LogP contribution in [0.25, 0.3) is 0 Å². The Bertz CT molecular complexity index is 432. The fourth-order valence-electron chi connectivity index (χ4n) is 1.43. The van der Waals surface area contributed by atoms with Gasteiger partial charge in [-0.25, -0.2) is 0 Å². The molecule has 16 heavy (non-hydrogen) atoms. The molecule has 0 radical (unpaired) electrons. The summed E-state index contributed by atoms with van der Waals surface area (Å²) in [4.78, 5) is 12.0. The molecule has 86 valence electrons. The van der Waals surface area contributed by atoms with Crippen molar-refractivity contribution < 1.29 is 4.79 Å². The molecule has 0 bridgehead atoms. The van der Waals surface area contributed by atoms with Gasteiger partial charge in [-0.2, -0.15) is 0 Å². The van der Waals surface area contributed by atoms with Gasteiger partial charge >= 0.3 is 0 Å². The van der Waals surface area contributed by atoms with Crippen molar-refractivity contribution in [3.63, 3.8) is 0 Å². The lowest BCUT2D eigenvalue weighted by Gasteiger charge is -2.15. The summed E-state index contributed by atoms with van der Waals surface area (Å²) in [5.41, 5.74) is 0.351. The Morgan fingerprint density at radius 2 is 2.12 bits per heavy atom. The van der Waals surface area contributed by atoms with Gasteiger partial charge in [0.25, 0.3) is 5.91 Å². The molecule has 1 aliphatic rings. The third-order valence-electron chi connectivity index (χ3n) is 2.68. The van der Waals surface area contributed by atoms with Gasteiger partial charge in [0.1, 0.15) is 0 Å². The summed E-state index contributed by atoms with van der Waals surface area (Å²) in [6.07, 6.45) is 2.00. The zero-order chi connectivity index (χ0) is 11.8. The van der Waals surface area contributed by atoms with E-state index in [1.165, 1.54) is 0 Å². The zero-order valence-corrected chi connectivity index (χ0v) is 11.5. The van der Waals surface area contributed by atoms with Crippen molar-refractivity contribution >= 4 is 45.0 Å². The highest BCUT2D eigenvalue weighted by molar-refractivity contribution is 9.09. The first-order valence-corrected chi connectivity index (χ1v) is 6.78. The van der Waals surface area contributed by atoms with Crippen LogP contribution in [0.4, 0.5) is 0 Å². The number of benzene rings is 1. The van der Waals surface area contributed by atoms with Crippen LogP contribution < -0.4 is 5.32 Å². The molecule has 1 saturated carbocycles. The molecule has 1 N–H and O–H groups in total. The molecule has 1 aromatic carbocycles. The van der Waals surface area contributed by atoms with Gasteiger partial charge in [0.15, 0.2) is 0 Å². The molecule has 0 heterocycles. The third kappa shape index (κ3) is 2.36. The average Bonchev–Trinajstić information content (AvgIpc) is 3.02. The van der Waals surface area contributed by atoms with Gasteiger partial charge in [-0.15, -0.1) is 0 Å². The van der Waals surface area contributed by atoms with E-state index in [4.69, 9.17) is 23.2 Å². The first-order chi connectivity index (χ1) is 7.58. The average molecular weight is 323 g/mol. The normalized spacial score (nSPS) is 16.9. The number of amides is 1. The summed E-state index contributed by atoms with van der Waals surface area (Å²) in [6.45, 7) is 0. The highest BCUT2D eigenvalue weighted by Crippen LogP contribution is 2.37.